The van der Waals surface area contributed by atoms with Crippen LogP contribution >= 0.6 is 0 Å². The summed E-state index contributed by atoms with van der Waals surface area (Å²) in [6.45, 7) is 2.11. The van der Waals surface area contributed by atoms with Crippen LogP contribution < -0.4 is 10.6 Å². The second kappa shape index (κ2) is 9.31. The number of rotatable bonds is 5. The molecule has 0 saturated carbocycles. The summed E-state index contributed by atoms with van der Waals surface area (Å²) in [5.41, 5.74) is 6.47. The van der Waals surface area contributed by atoms with Gasteiger partial charge < -0.3 is 10.6 Å². The van der Waals surface area contributed by atoms with E-state index in [0.717, 1.165) is 12.1 Å². The molecule has 11 heteroatoms. The van der Waals surface area contributed by atoms with Crippen molar-refractivity contribution in [1.82, 2.24) is 9.29 Å². The number of aryl methyl sites for hydroxylation is 1. The number of amides is 1. The summed E-state index contributed by atoms with van der Waals surface area (Å²) in [6, 6.07) is 14.9. The van der Waals surface area contributed by atoms with Crippen LogP contribution in [0.3, 0.4) is 0 Å². The fourth-order valence-corrected chi connectivity index (χ4v) is 5.46. The van der Waals surface area contributed by atoms with Crippen molar-refractivity contribution in [2.45, 2.75) is 18.0 Å². The molecule has 4 rings (SSSR count). The number of hydrogen-bond donors (Lipinski definition) is 1. The monoisotopic (exact) mass is 504 g/mol. The zero-order valence-electron chi connectivity index (χ0n) is 18.8. The molecule has 2 heterocycles. The molecule has 0 spiro atoms. The fourth-order valence-electron chi connectivity index (χ4n) is 4.04. The molecule has 2 aromatic carbocycles. The number of aromatic nitrogens is 1. The van der Waals surface area contributed by atoms with Crippen LogP contribution in [0.2, 0.25) is 0 Å². The smallest absolute Gasteiger partial charge is 0.366 e. The maximum absolute atomic E-state index is 13.2. The highest BCUT2D eigenvalue weighted by atomic mass is 32.2. The third-order valence-corrected chi connectivity index (χ3v) is 7.74. The van der Waals surface area contributed by atoms with Crippen LogP contribution in [0.25, 0.3) is 11.1 Å². The first kappa shape index (κ1) is 24.7. The first-order chi connectivity index (χ1) is 16.5. The molecule has 35 heavy (non-hydrogen) atoms. The standard InChI is InChI=1S/C24H23F3N4O3S/c1-16-14-18(24(25,26)27)15-22(29-16)30-10-12-31(13-11-30)35(33,34)19-8-6-17(7-9-19)20-4-2-3-5-21(20)23(28)32/h2-9,14-15H,10-13H2,1H3,(H2,28,32). The molecule has 0 aliphatic carbocycles. The molecule has 0 atom stereocenters. The largest absolute Gasteiger partial charge is 0.416 e. The van der Waals surface area contributed by atoms with E-state index in [0.29, 0.717) is 16.7 Å². The van der Waals surface area contributed by atoms with Crippen LogP contribution in [0, 0.1) is 6.92 Å². The highest BCUT2D eigenvalue weighted by Crippen LogP contribution is 2.32. The number of primary amides is 1. The molecule has 1 saturated heterocycles. The van der Waals surface area contributed by atoms with E-state index in [1.165, 1.54) is 23.4 Å². The van der Waals surface area contributed by atoms with Gasteiger partial charge in [0.25, 0.3) is 0 Å². The average molecular weight is 505 g/mol. The fraction of sp³-hybridized carbons (Fsp3) is 0.250. The molecule has 0 bridgehead atoms. The van der Waals surface area contributed by atoms with Crippen LogP contribution in [-0.4, -0.2) is 49.8 Å². The number of halogens is 3. The number of pyridine rings is 1. The number of alkyl halides is 3. The van der Waals surface area contributed by atoms with Gasteiger partial charge in [-0.2, -0.15) is 17.5 Å². The van der Waals surface area contributed by atoms with Gasteiger partial charge in [0, 0.05) is 37.4 Å². The van der Waals surface area contributed by atoms with E-state index in [1.54, 1.807) is 41.3 Å². The molecule has 2 N–H and O–H groups in total. The van der Waals surface area contributed by atoms with Crippen LogP contribution in [0.1, 0.15) is 21.6 Å². The van der Waals surface area contributed by atoms with E-state index < -0.39 is 27.7 Å². The Balaban J connectivity index is 1.50. The summed E-state index contributed by atoms with van der Waals surface area (Å²) in [6.07, 6.45) is -4.49. The number of nitrogens with zero attached hydrogens (tertiary/aromatic N) is 3. The SMILES string of the molecule is Cc1cc(C(F)(F)F)cc(N2CCN(S(=O)(=O)c3ccc(-c4ccccc4C(N)=O)cc3)CC2)n1. The van der Waals surface area contributed by atoms with Gasteiger partial charge in [-0.05, 0) is 48.4 Å². The van der Waals surface area contributed by atoms with E-state index in [2.05, 4.69) is 4.98 Å². The van der Waals surface area contributed by atoms with E-state index in [-0.39, 0.29) is 42.6 Å². The van der Waals surface area contributed by atoms with Gasteiger partial charge in [-0.1, -0.05) is 30.3 Å². The summed E-state index contributed by atoms with van der Waals surface area (Å²) >= 11 is 0. The Kier molecular flexibility index (Phi) is 6.56. The minimum absolute atomic E-state index is 0.0827. The lowest BCUT2D eigenvalue weighted by atomic mass is 9.99. The predicted octanol–water partition coefficient (Wildman–Crippen LogP) is 3.69. The Morgan fingerprint density at radius 1 is 0.971 bits per heavy atom. The molecule has 7 nitrogen and oxygen atoms in total. The lowest BCUT2D eigenvalue weighted by molar-refractivity contribution is -0.137. The van der Waals surface area contributed by atoms with E-state index in [4.69, 9.17) is 5.73 Å². The predicted molar refractivity (Wildman–Crippen MR) is 125 cm³/mol. The van der Waals surface area contributed by atoms with Gasteiger partial charge >= 0.3 is 6.18 Å². The zero-order chi connectivity index (χ0) is 25.4. The van der Waals surface area contributed by atoms with Gasteiger partial charge in [-0.3, -0.25) is 4.79 Å². The lowest BCUT2D eigenvalue weighted by Gasteiger charge is -2.35. The normalized spacial score (nSPS) is 15.3. The number of benzene rings is 2. The van der Waals surface area contributed by atoms with E-state index in [9.17, 15) is 26.4 Å². The number of anilines is 1. The summed E-state index contributed by atoms with van der Waals surface area (Å²) in [5.74, 6) is -0.410. The van der Waals surface area contributed by atoms with Gasteiger partial charge in [0.1, 0.15) is 5.82 Å². The zero-order valence-corrected chi connectivity index (χ0v) is 19.6. The topological polar surface area (TPSA) is 96.6 Å². The molecule has 1 amide bonds. The third-order valence-electron chi connectivity index (χ3n) is 5.83. The van der Waals surface area contributed by atoms with Gasteiger partial charge in [0.2, 0.25) is 15.9 Å². The quantitative estimate of drug-likeness (QED) is 0.572. The first-order valence-electron chi connectivity index (χ1n) is 10.8. The molecule has 0 unspecified atom stereocenters. The maximum Gasteiger partial charge on any atom is 0.416 e. The van der Waals surface area contributed by atoms with Crippen molar-refractivity contribution in [3.05, 3.63) is 77.5 Å². The summed E-state index contributed by atoms with van der Waals surface area (Å²) < 4.78 is 67.1. The second-order valence-corrected chi connectivity index (χ2v) is 10.1. The number of sulfonamides is 1. The summed E-state index contributed by atoms with van der Waals surface area (Å²) in [5, 5.41) is 0. The number of piperazine rings is 1. The Bertz CT molecular complexity index is 1350. The highest BCUT2D eigenvalue weighted by Gasteiger charge is 2.33. The molecular weight excluding hydrogens is 481 g/mol. The second-order valence-electron chi connectivity index (χ2n) is 8.18. The average Bonchev–Trinajstić information content (AvgIpc) is 2.83. The van der Waals surface area contributed by atoms with Crippen molar-refractivity contribution in [3.8, 4) is 11.1 Å². The van der Waals surface area contributed by atoms with Crippen molar-refractivity contribution in [2.24, 2.45) is 5.73 Å². The Hall–Kier alpha value is -3.44. The van der Waals surface area contributed by atoms with E-state index in [1.807, 2.05) is 0 Å². The van der Waals surface area contributed by atoms with Crippen LogP contribution in [-0.2, 0) is 16.2 Å². The van der Waals surface area contributed by atoms with Crippen molar-refractivity contribution in [1.29, 1.82) is 0 Å². The number of hydrogen-bond acceptors (Lipinski definition) is 5. The molecule has 1 aliphatic rings. The van der Waals surface area contributed by atoms with Gasteiger partial charge in [0.05, 0.1) is 10.5 Å². The van der Waals surface area contributed by atoms with Gasteiger partial charge in [-0.25, -0.2) is 13.4 Å². The molecule has 1 aromatic heterocycles. The van der Waals surface area contributed by atoms with Crippen molar-refractivity contribution < 1.29 is 26.4 Å². The maximum atomic E-state index is 13.2. The molecule has 0 radical (unpaired) electrons. The highest BCUT2D eigenvalue weighted by molar-refractivity contribution is 7.89. The van der Waals surface area contributed by atoms with Crippen molar-refractivity contribution in [2.75, 3.05) is 31.1 Å². The van der Waals surface area contributed by atoms with Crippen LogP contribution in [0.4, 0.5) is 19.0 Å². The van der Waals surface area contributed by atoms with E-state index >= 15 is 0 Å². The van der Waals surface area contributed by atoms with Crippen LogP contribution in [0.15, 0.2) is 65.6 Å². The van der Waals surface area contributed by atoms with Gasteiger partial charge in [0.15, 0.2) is 0 Å². The molecule has 3 aromatic rings. The number of carbonyl (C=O) groups is 1. The van der Waals surface area contributed by atoms with Crippen molar-refractivity contribution in [3.63, 3.8) is 0 Å². The molecule has 184 valence electrons. The Morgan fingerprint density at radius 3 is 2.20 bits per heavy atom. The molecule has 1 aliphatic heterocycles. The molecule has 1 fully saturated rings. The van der Waals surface area contributed by atoms with Gasteiger partial charge in [-0.15, -0.1) is 0 Å². The van der Waals surface area contributed by atoms with Crippen molar-refractivity contribution >= 4 is 21.7 Å². The summed E-state index contributed by atoms with van der Waals surface area (Å²) in [4.78, 5) is 17.6. The number of carbonyl (C=O) groups excluding carboxylic acids is 1. The summed E-state index contributed by atoms with van der Waals surface area (Å²) in [7, 11) is -3.82. The molecular formula is C24H23F3N4O3S. The lowest BCUT2D eigenvalue weighted by Crippen LogP contribution is -2.49. The Labute approximate surface area is 201 Å². The third kappa shape index (κ3) is 5.15. The number of nitrogens with two attached hydrogens (primary N) is 1. The first-order valence-corrected chi connectivity index (χ1v) is 12.2. The Morgan fingerprint density at radius 2 is 1.60 bits per heavy atom. The minimum Gasteiger partial charge on any atom is -0.366 e. The minimum atomic E-state index is -4.49. The van der Waals surface area contributed by atoms with Crippen LogP contribution in [0.5, 0.6) is 0 Å².